The normalized spacial score (nSPS) is 23.0. The molecule has 5 nitrogen and oxygen atoms in total. The Balaban J connectivity index is 1.90. The zero-order chi connectivity index (χ0) is 15.4. The van der Waals surface area contributed by atoms with Crippen LogP contribution in [0, 0.1) is 11.8 Å². The average molecular weight is 331 g/mol. The second-order valence-electron chi connectivity index (χ2n) is 5.53. The summed E-state index contributed by atoms with van der Waals surface area (Å²) in [5.74, 6) is 1.27. The van der Waals surface area contributed by atoms with Crippen LogP contribution in [0.1, 0.15) is 13.3 Å². The van der Waals surface area contributed by atoms with Crippen molar-refractivity contribution in [3.8, 4) is 0 Å². The monoisotopic (exact) mass is 330 g/mol. The molecule has 1 amide bonds. The summed E-state index contributed by atoms with van der Waals surface area (Å²) in [6.45, 7) is 4.96. The summed E-state index contributed by atoms with van der Waals surface area (Å²) in [4.78, 5) is 18.2. The number of anilines is 1. The maximum absolute atomic E-state index is 12.1. The molecule has 1 aromatic heterocycles. The van der Waals surface area contributed by atoms with Gasteiger partial charge in [-0.15, -0.1) is 0 Å². The van der Waals surface area contributed by atoms with E-state index < -0.39 is 0 Å². The van der Waals surface area contributed by atoms with Crippen LogP contribution < -0.4 is 11.1 Å². The summed E-state index contributed by atoms with van der Waals surface area (Å²) >= 11 is 11.8. The highest BCUT2D eigenvalue weighted by Gasteiger charge is 2.26. The number of aromatic nitrogens is 1. The molecule has 0 saturated carbocycles. The lowest BCUT2D eigenvalue weighted by molar-refractivity contribution is -0.117. The topological polar surface area (TPSA) is 71.2 Å². The largest absolute Gasteiger partial charge is 0.330 e. The Kier molecular flexibility index (Phi) is 5.81. The van der Waals surface area contributed by atoms with Crippen LogP contribution in [0.5, 0.6) is 0 Å². The molecule has 116 valence electrons. The van der Waals surface area contributed by atoms with Crippen molar-refractivity contribution in [2.45, 2.75) is 13.3 Å². The molecule has 7 heteroatoms. The molecule has 0 aromatic carbocycles. The van der Waals surface area contributed by atoms with Crippen molar-refractivity contribution >= 4 is 34.9 Å². The van der Waals surface area contributed by atoms with E-state index in [0.29, 0.717) is 40.8 Å². The van der Waals surface area contributed by atoms with Crippen molar-refractivity contribution in [1.29, 1.82) is 0 Å². The number of carbonyl (C=O) groups is 1. The first-order valence-corrected chi connectivity index (χ1v) is 7.78. The average Bonchev–Trinajstić information content (AvgIpc) is 2.44. The van der Waals surface area contributed by atoms with Gasteiger partial charge < -0.3 is 11.1 Å². The Labute approximate surface area is 134 Å². The summed E-state index contributed by atoms with van der Waals surface area (Å²) in [5.41, 5.74) is 5.78. The van der Waals surface area contributed by atoms with Crippen LogP contribution in [0.15, 0.2) is 12.3 Å². The second-order valence-corrected chi connectivity index (χ2v) is 6.37. The van der Waals surface area contributed by atoms with Gasteiger partial charge in [-0.2, -0.15) is 0 Å². The molecule has 2 unspecified atom stereocenters. The number of nitrogens with two attached hydrogens (primary N) is 1. The van der Waals surface area contributed by atoms with Crippen LogP contribution in [0.3, 0.4) is 0 Å². The lowest BCUT2D eigenvalue weighted by Crippen LogP contribution is -2.45. The van der Waals surface area contributed by atoms with E-state index in [-0.39, 0.29) is 5.91 Å². The number of hydrogen-bond donors (Lipinski definition) is 2. The maximum Gasteiger partial charge on any atom is 0.239 e. The number of rotatable bonds is 4. The van der Waals surface area contributed by atoms with Crippen molar-refractivity contribution in [1.82, 2.24) is 9.88 Å². The highest BCUT2D eigenvalue weighted by atomic mass is 35.5. The number of pyridine rings is 1. The lowest BCUT2D eigenvalue weighted by Gasteiger charge is -2.36. The molecule has 2 atom stereocenters. The second kappa shape index (κ2) is 7.40. The molecule has 2 rings (SSSR count). The predicted octanol–water partition coefficient (Wildman–Crippen LogP) is 2.24. The van der Waals surface area contributed by atoms with Crippen molar-refractivity contribution in [2.24, 2.45) is 17.6 Å². The quantitative estimate of drug-likeness (QED) is 0.888. The molecule has 3 N–H and O–H groups in total. The molecule has 0 bridgehead atoms. The van der Waals surface area contributed by atoms with Crippen LogP contribution in [0.4, 0.5) is 5.82 Å². The van der Waals surface area contributed by atoms with Crippen LogP contribution in [-0.4, -0.2) is 42.0 Å². The third kappa shape index (κ3) is 4.54. The van der Waals surface area contributed by atoms with Crippen LogP contribution in [-0.2, 0) is 4.79 Å². The van der Waals surface area contributed by atoms with Crippen molar-refractivity contribution in [3.05, 3.63) is 22.3 Å². The number of amides is 1. The Morgan fingerprint density at radius 2 is 2.33 bits per heavy atom. The molecule has 1 aromatic rings. The van der Waals surface area contributed by atoms with Gasteiger partial charge in [0.05, 0.1) is 16.6 Å². The first kappa shape index (κ1) is 16.5. The number of nitrogens with zero attached hydrogens (tertiary/aromatic N) is 2. The van der Waals surface area contributed by atoms with E-state index in [1.165, 1.54) is 6.20 Å². The van der Waals surface area contributed by atoms with Gasteiger partial charge in [0.15, 0.2) is 5.82 Å². The Hall–Kier alpha value is -0.880. The number of nitrogens with one attached hydrogen (secondary N) is 1. The van der Waals surface area contributed by atoms with Crippen LogP contribution >= 0.6 is 23.2 Å². The lowest BCUT2D eigenvalue weighted by atomic mass is 9.87. The fourth-order valence-corrected chi connectivity index (χ4v) is 2.98. The number of hydrogen-bond acceptors (Lipinski definition) is 4. The fourth-order valence-electron chi connectivity index (χ4n) is 2.56. The minimum absolute atomic E-state index is 0.128. The minimum Gasteiger partial charge on any atom is -0.330 e. The minimum atomic E-state index is -0.128. The first-order chi connectivity index (χ1) is 9.99. The Morgan fingerprint density at radius 3 is 3.00 bits per heavy atom. The van der Waals surface area contributed by atoms with E-state index in [9.17, 15) is 4.79 Å². The molecule has 1 aliphatic heterocycles. The zero-order valence-corrected chi connectivity index (χ0v) is 13.5. The highest BCUT2D eigenvalue weighted by molar-refractivity contribution is 6.36. The van der Waals surface area contributed by atoms with Crippen molar-refractivity contribution in [3.63, 3.8) is 0 Å². The SMILES string of the molecule is CC1CCN(CC(=O)Nc2ncc(Cl)cc2Cl)CC1CN. The van der Waals surface area contributed by atoms with E-state index in [1.54, 1.807) is 6.07 Å². The standard InChI is InChI=1S/C14H20Cl2N4O/c1-9-2-3-20(7-10(9)5-17)8-13(21)19-14-12(16)4-11(15)6-18-14/h4,6,9-10H,2-3,5,7-8,17H2,1H3,(H,18,19,21). The van der Waals surface area contributed by atoms with Gasteiger partial charge in [-0.3, -0.25) is 9.69 Å². The molecule has 1 saturated heterocycles. The van der Waals surface area contributed by atoms with Gasteiger partial charge in [0.25, 0.3) is 0 Å². The third-order valence-corrected chi connectivity index (χ3v) is 4.43. The Morgan fingerprint density at radius 1 is 1.57 bits per heavy atom. The van der Waals surface area contributed by atoms with Crippen molar-refractivity contribution < 1.29 is 4.79 Å². The zero-order valence-electron chi connectivity index (χ0n) is 12.0. The molecule has 1 fully saturated rings. The molecule has 1 aliphatic rings. The highest BCUT2D eigenvalue weighted by Crippen LogP contribution is 2.24. The summed E-state index contributed by atoms with van der Waals surface area (Å²) in [6.07, 6.45) is 2.52. The first-order valence-electron chi connectivity index (χ1n) is 7.03. The smallest absolute Gasteiger partial charge is 0.239 e. The number of likely N-dealkylation sites (tertiary alicyclic amines) is 1. The summed E-state index contributed by atoms with van der Waals surface area (Å²) in [6, 6.07) is 1.55. The molecule has 0 aliphatic carbocycles. The van der Waals surface area contributed by atoms with E-state index in [1.807, 2.05) is 0 Å². The van der Waals surface area contributed by atoms with Gasteiger partial charge in [0.1, 0.15) is 0 Å². The van der Waals surface area contributed by atoms with E-state index in [4.69, 9.17) is 28.9 Å². The molecule has 2 heterocycles. The van der Waals surface area contributed by atoms with Gasteiger partial charge in [-0.25, -0.2) is 4.98 Å². The van der Waals surface area contributed by atoms with Crippen molar-refractivity contribution in [2.75, 3.05) is 31.5 Å². The summed E-state index contributed by atoms with van der Waals surface area (Å²) in [7, 11) is 0. The number of piperidine rings is 1. The Bertz CT molecular complexity index is 512. The van der Waals surface area contributed by atoms with E-state index in [2.05, 4.69) is 22.1 Å². The molecular formula is C14H20Cl2N4O. The van der Waals surface area contributed by atoms with E-state index >= 15 is 0 Å². The van der Waals surface area contributed by atoms with Crippen LogP contribution in [0.2, 0.25) is 10.0 Å². The maximum atomic E-state index is 12.1. The molecular weight excluding hydrogens is 311 g/mol. The van der Waals surface area contributed by atoms with Gasteiger partial charge in [0, 0.05) is 12.7 Å². The van der Waals surface area contributed by atoms with Gasteiger partial charge in [-0.05, 0) is 37.4 Å². The van der Waals surface area contributed by atoms with Gasteiger partial charge >= 0.3 is 0 Å². The third-order valence-electron chi connectivity index (χ3n) is 3.93. The number of halogens is 2. The number of carbonyl (C=O) groups excluding carboxylic acids is 1. The van der Waals surface area contributed by atoms with Gasteiger partial charge in [0.2, 0.25) is 5.91 Å². The van der Waals surface area contributed by atoms with Crippen LogP contribution in [0.25, 0.3) is 0 Å². The summed E-state index contributed by atoms with van der Waals surface area (Å²) in [5, 5.41) is 3.49. The summed E-state index contributed by atoms with van der Waals surface area (Å²) < 4.78 is 0. The van der Waals surface area contributed by atoms with Gasteiger partial charge in [-0.1, -0.05) is 30.1 Å². The fraction of sp³-hybridized carbons (Fsp3) is 0.571. The molecule has 0 radical (unpaired) electrons. The molecule has 0 spiro atoms. The van der Waals surface area contributed by atoms with E-state index in [0.717, 1.165) is 19.5 Å². The molecule has 21 heavy (non-hydrogen) atoms. The predicted molar refractivity (Wildman–Crippen MR) is 85.7 cm³/mol.